The van der Waals surface area contributed by atoms with Crippen LogP contribution in [0.25, 0.3) is 0 Å². The lowest BCUT2D eigenvalue weighted by molar-refractivity contribution is -0.106. The van der Waals surface area contributed by atoms with Crippen LogP contribution >= 0.6 is 0 Å². The zero-order valence-corrected chi connectivity index (χ0v) is 6.08. The second kappa shape index (κ2) is 3.20. The van der Waals surface area contributed by atoms with Crippen molar-refractivity contribution >= 4 is 6.29 Å². The maximum absolute atomic E-state index is 10.4. The third-order valence-electron chi connectivity index (χ3n) is 1.60. The third-order valence-corrected chi connectivity index (χ3v) is 1.60. The summed E-state index contributed by atoms with van der Waals surface area (Å²) in [5.74, 6) is 0. The van der Waals surface area contributed by atoms with Crippen LogP contribution in [0.4, 0.5) is 0 Å². The Balaban J connectivity index is 2.70. The minimum absolute atomic E-state index is 0.782. The lowest BCUT2D eigenvalue weighted by Gasteiger charge is -2.22. The van der Waals surface area contributed by atoms with E-state index in [0.29, 0.717) is 0 Å². The molecule has 10 heavy (non-hydrogen) atoms. The van der Waals surface area contributed by atoms with Crippen molar-refractivity contribution in [3.8, 4) is 0 Å². The fourth-order valence-electron chi connectivity index (χ4n) is 0.991. The predicted octanol–water partition coefficient (Wildman–Crippen LogP) is 0.961. The molecule has 0 amide bonds. The molecule has 1 rings (SSSR count). The Hall–Kier alpha value is -1.05. The summed E-state index contributed by atoms with van der Waals surface area (Å²) in [6.45, 7) is 3.80. The average Bonchev–Trinajstić information content (AvgIpc) is 2.04. The van der Waals surface area contributed by atoms with Crippen molar-refractivity contribution in [1.82, 2.24) is 4.90 Å². The normalized spacial score (nSPS) is 16.9. The second-order valence-corrected chi connectivity index (χ2v) is 2.18. The van der Waals surface area contributed by atoms with E-state index in [1.54, 1.807) is 0 Å². The first-order chi connectivity index (χ1) is 4.88. The van der Waals surface area contributed by atoms with Gasteiger partial charge in [0, 0.05) is 13.1 Å². The van der Waals surface area contributed by atoms with Crippen molar-refractivity contribution in [1.29, 1.82) is 0 Å². The smallest absolute Gasteiger partial charge is 0.166 e. The number of hydrogen-bond donors (Lipinski definition) is 0. The number of likely N-dealkylation sites (N-methyl/N-ethyl adjacent to an activating group) is 1. The van der Waals surface area contributed by atoms with Gasteiger partial charge in [-0.1, -0.05) is 12.2 Å². The Kier molecular flexibility index (Phi) is 2.26. The van der Waals surface area contributed by atoms with Gasteiger partial charge in [-0.2, -0.15) is 0 Å². The first kappa shape index (κ1) is 7.06. The Morgan fingerprint density at radius 3 is 3.10 bits per heavy atom. The van der Waals surface area contributed by atoms with Crippen molar-refractivity contribution < 1.29 is 4.79 Å². The molecule has 0 saturated carbocycles. The van der Waals surface area contributed by atoms with Crippen molar-refractivity contribution in [2.45, 2.75) is 6.92 Å². The summed E-state index contributed by atoms with van der Waals surface area (Å²) in [5.41, 5.74) is 0.782. The van der Waals surface area contributed by atoms with Crippen LogP contribution < -0.4 is 0 Å². The molecular formula is C8H11NO. The van der Waals surface area contributed by atoms with Gasteiger partial charge in [-0.15, -0.1) is 0 Å². The van der Waals surface area contributed by atoms with E-state index in [1.807, 2.05) is 30.1 Å². The van der Waals surface area contributed by atoms with Crippen LogP contribution in [-0.4, -0.2) is 24.3 Å². The minimum atomic E-state index is 0.782. The molecule has 0 atom stereocenters. The molecule has 1 aliphatic heterocycles. The molecular weight excluding hydrogens is 126 g/mol. The molecule has 1 aliphatic rings. The van der Waals surface area contributed by atoms with Gasteiger partial charge in [0.25, 0.3) is 0 Å². The molecule has 2 nitrogen and oxygen atoms in total. The van der Waals surface area contributed by atoms with Gasteiger partial charge < -0.3 is 4.90 Å². The molecule has 54 valence electrons. The number of carbonyl (C=O) groups excluding carboxylic acids is 1. The summed E-state index contributed by atoms with van der Waals surface area (Å²) in [5, 5.41) is 0. The zero-order valence-electron chi connectivity index (χ0n) is 6.08. The maximum atomic E-state index is 10.4. The van der Waals surface area contributed by atoms with Gasteiger partial charge in [0.2, 0.25) is 0 Å². The Morgan fingerprint density at radius 2 is 2.60 bits per heavy atom. The average molecular weight is 137 g/mol. The van der Waals surface area contributed by atoms with Crippen molar-refractivity contribution in [3.63, 3.8) is 0 Å². The number of aldehydes is 1. The van der Waals surface area contributed by atoms with E-state index in [4.69, 9.17) is 0 Å². The summed E-state index contributed by atoms with van der Waals surface area (Å²) in [6, 6.07) is 0. The standard InChI is InChI=1S/C8H11NO/c1-2-9-6-4-3-5-8(9)7-10/h3-5,7H,2,6H2,1H3. The molecule has 2 heteroatoms. The molecule has 0 radical (unpaired) electrons. The summed E-state index contributed by atoms with van der Waals surface area (Å²) in [7, 11) is 0. The van der Waals surface area contributed by atoms with Crippen molar-refractivity contribution in [3.05, 3.63) is 23.9 Å². The zero-order chi connectivity index (χ0) is 7.40. The summed E-state index contributed by atoms with van der Waals surface area (Å²) >= 11 is 0. The Labute approximate surface area is 60.8 Å². The van der Waals surface area contributed by atoms with Crippen LogP contribution in [0.2, 0.25) is 0 Å². The van der Waals surface area contributed by atoms with E-state index < -0.39 is 0 Å². The molecule has 0 aromatic carbocycles. The number of rotatable bonds is 2. The van der Waals surface area contributed by atoms with E-state index in [2.05, 4.69) is 0 Å². The highest BCUT2D eigenvalue weighted by atomic mass is 16.1. The van der Waals surface area contributed by atoms with Gasteiger partial charge in [-0.25, -0.2) is 0 Å². The molecule has 0 aliphatic carbocycles. The van der Waals surface area contributed by atoms with Gasteiger partial charge in [0.1, 0.15) is 0 Å². The van der Waals surface area contributed by atoms with Gasteiger partial charge >= 0.3 is 0 Å². The third kappa shape index (κ3) is 1.26. The number of carbonyl (C=O) groups is 1. The molecule has 1 heterocycles. The van der Waals surface area contributed by atoms with Crippen molar-refractivity contribution in [2.24, 2.45) is 0 Å². The van der Waals surface area contributed by atoms with Crippen molar-refractivity contribution in [2.75, 3.05) is 13.1 Å². The molecule has 0 N–H and O–H groups in total. The van der Waals surface area contributed by atoms with Crippen LogP contribution in [0.15, 0.2) is 23.9 Å². The van der Waals surface area contributed by atoms with E-state index in [1.165, 1.54) is 0 Å². The Morgan fingerprint density at radius 1 is 1.80 bits per heavy atom. The topological polar surface area (TPSA) is 20.3 Å². The summed E-state index contributed by atoms with van der Waals surface area (Å²) in [4.78, 5) is 12.4. The Bertz CT molecular complexity index is 182. The number of hydrogen-bond acceptors (Lipinski definition) is 2. The fourth-order valence-corrected chi connectivity index (χ4v) is 0.991. The molecule has 0 aromatic rings. The fraction of sp³-hybridized carbons (Fsp3) is 0.375. The lowest BCUT2D eigenvalue weighted by atomic mass is 10.2. The van der Waals surface area contributed by atoms with Crippen LogP contribution in [0.3, 0.4) is 0 Å². The van der Waals surface area contributed by atoms with E-state index in [-0.39, 0.29) is 0 Å². The highest BCUT2D eigenvalue weighted by molar-refractivity contribution is 5.73. The monoisotopic (exact) mass is 137 g/mol. The molecule has 0 unspecified atom stereocenters. The van der Waals surface area contributed by atoms with Gasteiger partial charge in [0.15, 0.2) is 6.29 Å². The van der Waals surface area contributed by atoms with Gasteiger partial charge in [-0.3, -0.25) is 4.79 Å². The largest absolute Gasteiger partial charge is 0.365 e. The van der Waals surface area contributed by atoms with E-state index in [9.17, 15) is 4.79 Å². The number of allylic oxidation sites excluding steroid dienone is 3. The highest BCUT2D eigenvalue weighted by Crippen LogP contribution is 2.05. The van der Waals surface area contributed by atoms with Crippen LogP contribution in [0.5, 0.6) is 0 Å². The molecule has 0 saturated heterocycles. The maximum Gasteiger partial charge on any atom is 0.166 e. The first-order valence-electron chi connectivity index (χ1n) is 3.45. The highest BCUT2D eigenvalue weighted by Gasteiger charge is 2.05. The quantitative estimate of drug-likeness (QED) is 0.528. The number of nitrogens with zero attached hydrogens (tertiary/aromatic N) is 1. The molecule has 0 spiro atoms. The summed E-state index contributed by atoms with van der Waals surface area (Å²) in [6.07, 6.45) is 6.68. The predicted molar refractivity (Wildman–Crippen MR) is 40.5 cm³/mol. The van der Waals surface area contributed by atoms with E-state index >= 15 is 0 Å². The molecule has 0 aromatic heterocycles. The van der Waals surface area contributed by atoms with E-state index in [0.717, 1.165) is 25.1 Å². The lowest BCUT2D eigenvalue weighted by Crippen LogP contribution is -2.25. The first-order valence-corrected chi connectivity index (χ1v) is 3.45. The molecule has 0 bridgehead atoms. The van der Waals surface area contributed by atoms with Crippen LogP contribution in [0.1, 0.15) is 6.92 Å². The molecule has 0 fully saturated rings. The van der Waals surface area contributed by atoms with Crippen LogP contribution in [-0.2, 0) is 4.79 Å². The SMILES string of the molecule is CCN1CC=CC=C1C=O. The minimum Gasteiger partial charge on any atom is -0.365 e. The summed E-state index contributed by atoms with van der Waals surface area (Å²) < 4.78 is 0. The second-order valence-electron chi connectivity index (χ2n) is 2.18. The van der Waals surface area contributed by atoms with Gasteiger partial charge in [0.05, 0.1) is 5.70 Å². The van der Waals surface area contributed by atoms with Gasteiger partial charge in [-0.05, 0) is 13.0 Å². The van der Waals surface area contributed by atoms with Crippen LogP contribution in [0, 0.1) is 0 Å².